The molecular weight excluding hydrogens is 368 g/mol. The highest BCUT2D eigenvalue weighted by molar-refractivity contribution is 5.97. The van der Waals surface area contributed by atoms with Crippen molar-refractivity contribution in [3.63, 3.8) is 0 Å². The number of nitrogens with zero attached hydrogens (tertiary/aromatic N) is 2. The zero-order valence-electron chi connectivity index (χ0n) is 17.2. The Morgan fingerprint density at radius 2 is 1.62 bits per heavy atom. The minimum Gasteiger partial charge on any atom is -0.445 e. The van der Waals surface area contributed by atoms with Gasteiger partial charge in [-0.15, -0.1) is 0 Å². The maximum Gasteiger partial charge on any atom is 0.339 e. The monoisotopic (exact) mass is 398 g/mol. The number of hydrogen-bond donors (Lipinski definition) is 0. The number of piperidine rings is 1. The summed E-state index contributed by atoms with van der Waals surface area (Å²) in [5, 5.41) is 0. The highest BCUT2D eigenvalue weighted by Gasteiger charge is 2.45. The van der Waals surface area contributed by atoms with Crippen LogP contribution in [-0.2, 0) is 20.7 Å². The molecule has 156 valence electrons. The minimum atomic E-state index is -1.17. The molecule has 3 heterocycles. The lowest BCUT2D eigenvalue weighted by atomic mass is 9.87. The van der Waals surface area contributed by atoms with Crippen molar-refractivity contribution < 1.29 is 19.1 Å². The van der Waals surface area contributed by atoms with E-state index in [1.807, 2.05) is 17.0 Å². The Morgan fingerprint density at radius 1 is 0.966 bits per heavy atom. The van der Waals surface area contributed by atoms with Gasteiger partial charge in [-0.05, 0) is 44.2 Å². The fourth-order valence-electron chi connectivity index (χ4n) is 4.87. The van der Waals surface area contributed by atoms with Gasteiger partial charge in [0.25, 0.3) is 5.91 Å². The van der Waals surface area contributed by atoms with E-state index in [4.69, 9.17) is 4.74 Å². The average molecular weight is 399 g/mol. The van der Waals surface area contributed by atoms with Crippen molar-refractivity contribution in [3.8, 4) is 0 Å². The highest BCUT2D eigenvalue weighted by atomic mass is 16.6. The van der Waals surface area contributed by atoms with Gasteiger partial charge in [-0.3, -0.25) is 9.59 Å². The third-order valence-electron chi connectivity index (χ3n) is 6.58. The normalized spacial score (nSPS) is 25.8. The standard InChI is InChI=1S/C23H30N2O4/c1-23(16-18-8-4-5-9-19(18)21(27)29-23)22(28)25-14-10-17(11-15-25)20(26)24-12-6-2-3-7-13-24/h4-5,8-9,17H,2-3,6-7,10-16H2,1H3. The first-order valence-corrected chi connectivity index (χ1v) is 10.9. The molecule has 6 nitrogen and oxygen atoms in total. The molecule has 0 bridgehead atoms. The SMILES string of the molecule is CC1(C(=O)N2CCC(C(=O)N3CCCCCC3)CC2)Cc2ccccc2C(=O)O1. The van der Waals surface area contributed by atoms with Crippen LogP contribution in [0.3, 0.4) is 0 Å². The molecule has 1 unspecified atom stereocenters. The van der Waals surface area contributed by atoms with Crippen LogP contribution in [0.1, 0.15) is 61.4 Å². The summed E-state index contributed by atoms with van der Waals surface area (Å²) in [6.07, 6.45) is 6.35. The Morgan fingerprint density at radius 3 is 2.31 bits per heavy atom. The number of rotatable bonds is 2. The Labute approximate surface area is 172 Å². The van der Waals surface area contributed by atoms with Crippen LogP contribution < -0.4 is 0 Å². The quantitative estimate of drug-likeness (QED) is 0.719. The first-order chi connectivity index (χ1) is 14.0. The number of esters is 1. The molecule has 0 N–H and O–H groups in total. The van der Waals surface area contributed by atoms with Crippen LogP contribution in [0, 0.1) is 5.92 Å². The third kappa shape index (κ3) is 4.02. The second kappa shape index (κ2) is 8.17. The molecule has 0 spiro atoms. The van der Waals surface area contributed by atoms with Crippen molar-refractivity contribution in [3.05, 3.63) is 35.4 Å². The van der Waals surface area contributed by atoms with E-state index in [1.54, 1.807) is 24.0 Å². The fourth-order valence-corrected chi connectivity index (χ4v) is 4.87. The molecule has 29 heavy (non-hydrogen) atoms. The number of likely N-dealkylation sites (tertiary alicyclic amines) is 2. The van der Waals surface area contributed by atoms with Crippen molar-refractivity contribution in [1.82, 2.24) is 9.80 Å². The summed E-state index contributed by atoms with van der Waals surface area (Å²) in [4.78, 5) is 42.3. The van der Waals surface area contributed by atoms with E-state index in [2.05, 4.69) is 0 Å². The summed E-state index contributed by atoms with van der Waals surface area (Å²) < 4.78 is 5.59. The number of hydrogen-bond acceptors (Lipinski definition) is 4. The molecule has 0 radical (unpaired) electrons. The predicted octanol–water partition coefficient (Wildman–Crippen LogP) is 2.80. The van der Waals surface area contributed by atoms with Crippen molar-refractivity contribution >= 4 is 17.8 Å². The summed E-state index contributed by atoms with van der Waals surface area (Å²) in [6, 6.07) is 7.30. The van der Waals surface area contributed by atoms with Gasteiger partial charge in [-0.2, -0.15) is 0 Å². The second-order valence-corrected chi connectivity index (χ2v) is 8.76. The van der Waals surface area contributed by atoms with E-state index in [-0.39, 0.29) is 17.7 Å². The van der Waals surface area contributed by atoms with Gasteiger partial charge < -0.3 is 14.5 Å². The summed E-state index contributed by atoms with van der Waals surface area (Å²) in [6.45, 7) is 4.52. The molecule has 2 saturated heterocycles. The van der Waals surface area contributed by atoms with Gasteiger partial charge >= 0.3 is 5.97 Å². The van der Waals surface area contributed by atoms with Crippen molar-refractivity contribution in [1.29, 1.82) is 0 Å². The van der Waals surface area contributed by atoms with E-state index in [9.17, 15) is 14.4 Å². The molecule has 6 heteroatoms. The molecule has 3 aliphatic heterocycles. The molecule has 1 atom stereocenters. The van der Waals surface area contributed by atoms with E-state index in [0.29, 0.717) is 37.9 Å². The van der Waals surface area contributed by atoms with Crippen molar-refractivity contribution in [2.75, 3.05) is 26.2 Å². The molecule has 4 rings (SSSR count). The number of carbonyl (C=O) groups is 3. The lowest BCUT2D eigenvalue weighted by Crippen LogP contribution is -2.55. The lowest BCUT2D eigenvalue weighted by Gasteiger charge is -2.40. The summed E-state index contributed by atoms with van der Waals surface area (Å²) >= 11 is 0. The zero-order chi connectivity index (χ0) is 20.4. The third-order valence-corrected chi connectivity index (χ3v) is 6.58. The van der Waals surface area contributed by atoms with E-state index in [1.165, 1.54) is 12.8 Å². The smallest absolute Gasteiger partial charge is 0.339 e. The van der Waals surface area contributed by atoms with E-state index in [0.717, 1.165) is 31.5 Å². The highest BCUT2D eigenvalue weighted by Crippen LogP contribution is 2.31. The first-order valence-electron chi connectivity index (χ1n) is 10.9. The summed E-state index contributed by atoms with van der Waals surface area (Å²) in [7, 11) is 0. The number of amides is 2. The molecule has 0 aliphatic carbocycles. The zero-order valence-corrected chi connectivity index (χ0v) is 17.2. The summed E-state index contributed by atoms with van der Waals surface area (Å²) in [5.74, 6) is -0.335. The van der Waals surface area contributed by atoms with Crippen LogP contribution in [-0.4, -0.2) is 59.4 Å². The van der Waals surface area contributed by atoms with E-state index >= 15 is 0 Å². The fraction of sp³-hybridized carbons (Fsp3) is 0.609. The number of carbonyl (C=O) groups excluding carboxylic acids is 3. The lowest BCUT2D eigenvalue weighted by molar-refractivity contribution is -0.154. The summed E-state index contributed by atoms with van der Waals surface area (Å²) in [5.41, 5.74) is 0.220. The largest absolute Gasteiger partial charge is 0.445 e. The van der Waals surface area contributed by atoms with Crippen LogP contribution in [0.25, 0.3) is 0 Å². The van der Waals surface area contributed by atoms with Crippen LogP contribution in [0.2, 0.25) is 0 Å². The number of cyclic esters (lactones) is 1. The Bertz CT molecular complexity index is 792. The van der Waals surface area contributed by atoms with Crippen LogP contribution in [0.15, 0.2) is 24.3 Å². The topological polar surface area (TPSA) is 66.9 Å². The van der Waals surface area contributed by atoms with Gasteiger partial charge in [-0.25, -0.2) is 4.79 Å². The molecule has 2 fully saturated rings. The van der Waals surface area contributed by atoms with Gasteiger partial charge in [0.15, 0.2) is 5.60 Å². The maximum absolute atomic E-state index is 13.2. The van der Waals surface area contributed by atoms with Crippen molar-refractivity contribution in [2.24, 2.45) is 5.92 Å². The predicted molar refractivity (Wildman–Crippen MR) is 108 cm³/mol. The minimum absolute atomic E-state index is 0.000381. The Kier molecular flexibility index (Phi) is 5.61. The number of benzene rings is 1. The van der Waals surface area contributed by atoms with Crippen molar-refractivity contribution in [2.45, 2.75) is 57.5 Å². The maximum atomic E-state index is 13.2. The number of fused-ring (bicyclic) bond motifs is 1. The second-order valence-electron chi connectivity index (χ2n) is 8.76. The van der Waals surface area contributed by atoms with Gasteiger partial charge in [0, 0.05) is 38.5 Å². The van der Waals surface area contributed by atoms with Gasteiger partial charge in [0.1, 0.15) is 0 Å². The molecule has 0 aromatic heterocycles. The van der Waals surface area contributed by atoms with Gasteiger partial charge in [0.05, 0.1) is 5.56 Å². The van der Waals surface area contributed by atoms with E-state index < -0.39 is 11.6 Å². The molecule has 1 aromatic carbocycles. The molecule has 3 aliphatic rings. The Hall–Kier alpha value is -2.37. The molecule has 1 aromatic rings. The van der Waals surface area contributed by atoms with Gasteiger partial charge in [-0.1, -0.05) is 31.0 Å². The first kappa shape index (κ1) is 19.9. The van der Waals surface area contributed by atoms with Crippen LogP contribution in [0.5, 0.6) is 0 Å². The molecule has 0 saturated carbocycles. The van der Waals surface area contributed by atoms with Gasteiger partial charge in [0.2, 0.25) is 5.91 Å². The van der Waals surface area contributed by atoms with Crippen LogP contribution >= 0.6 is 0 Å². The molecule has 2 amide bonds. The van der Waals surface area contributed by atoms with Crippen LogP contribution in [0.4, 0.5) is 0 Å². The average Bonchev–Trinajstić information content (AvgIpc) is 3.02. The number of ether oxygens (including phenoxy) is 1. The Balaban J connectivity index is 1.38. The molecular formula is C23H30N2O4.